The third-order valence-electron chi connectivity index (χ3n) is 4.90. The summed E-state index contributed by atoms with van der Waals surface area (Å²) in [6.07, 6.45) is 5.45. The van der Waals surface area contributed by atoms with Gasteiger partial charge in [0.1, 0.15) is 11.5 Å². The number of benzene rings is 1. The van der Waals surface area contributed by atoms with Crippen molar-refractivity contribution in [2.45, 2.75) is 45.1 Å². The van der Waals surface area contributed by atoms with Crippen molar-refractivity contribution < 1.29 is 4.79 Å². The van der Waals surface area contributed by atoms with Crippen molar-refractivity contribution in [2.75, 3.05) is 0 Å². The summed E-state index contributed by atoms with van der Waals surface area (Å²) in [6, 6.07) is 5.55. The molecule has 2 fully saturated rings. The fourth-order valence-electron chi connectivity index (χ4n) is 3.29. The van der Waals surface area contributed by atoms with Crippen LogP contribution in [0.25, 0.3) is 5.69 Å². The first kappa shape index (κ1) is 16.9. The number of nitrogens with one attached hydrogen (secondary N) is 1. The highest BCUT2D eigenvalue weighted by Crippen LogP contribution is 2.44. The maximum atomic E-state index is 12.7. The normalized spacial score (nSPS) is 17.1. The van der Waals surface area contributed by atoms with Gasteiger partial charge < -0.3 is 5.32 Å². The topological polar surface area (TPSA) is 59.8 Å². The maximum Gasteiger partial charge on any atom is 0.291 e. The van der Waals surface area contributed by atoms with Crippen LogP contribution in [0.1, 0.15) is 49.1 Å². The smallest absolute Gasteiger partial charge is 0.291 e. The van der Waals surface area contributed by atoms with Crippen LogP contribution in [-0.2, 0) is 6.42 Å². The molecule has 0 bridgehead atoms. The van der Waals surface area contributed by atoms with Gasteiger partial charge in [0.25, 0.3) is 5.91 Å². The van der Waals surface area contributed by atoms with Crippen molar-refractivity contribution >= 4 is 29.1 Å². The molecule has 2 aliphatic carbocycles. The van der Waals surface area contributed by atoms with E-state index in [0.29, 0.717) is 39.8 Å². The van der Waals surface area contributed by atoms with Crippen LogP contribution in [0.3, 0.4) is 0 Å². The van der Waals surface area contributed by atoms with E-state index in [0.717, 1.165) is 0 Å². The minimum atomic E-state index is -0.208. The molecular formula is C18H20Cl2N4O. The van der Waals surface area contributed by atoms with E-state index in [1.54, 1.807) is 22.9 Å². The molecule has 2 aliphatic rings. The SMILES string of the molecule is CCc1nc(C(=O)NC(C2CC2)C2CC2)nn1-c1c(Cl)cccc1Cl. The molecule has 0 atom stereocenters. The lowest BCUT2D eigenvalue weighted by Gasteiger charge is -2.16. The monoisotopic (exact) mass is 378 g/mol. The predicted molar refractivity (Wildman–Crippen MR) is 97.5 cm³/mol. The Morgan fingerprint density at radius 3 is 2.36 bits per heavy atom. The van der Waals surface area contributed by atoms with Crippen LogP contribution in [0.4, 0.5) is 0 Å². The molecule has 1 N–H and O–H groups in total. The fraction of sp³-hybridized carbons (Fsp3) is 0.500. The summed E-state index contributed by atoms with van der Waals surface area (Å²) in [5, 5.41) is 8.53. The van der Waals surface area contributed by atoms with Crippen LogP contribution in [0.5, 0.6) is 0 Å². The second-order valence-corrected chi connectivity index (χ2v) is 7.68. The Bertz CT molecular complexity index is 779. The van der Waals surface area contributed by atoms with E-state index in [9.17, 15) is 4.79 Å². The van der Waals surface area contributed by atoms with Crippen molar-refractivity contribution in [3.05, 3.63) is 39.9 Å². The summed E-state index contributed by atoms with van der Waals surface area (Å²) in [7, 11) is 0. The standard InChI is InChI=1S/C18H20Cl2N4O/c1-2-14-21-17(18(25)22-15(10-6-7-10)11-8-9-11)23-24(14)16-12(19)4-3-5-13(16)20/h3-5,10-11,15H,2,6-9H2,1H3,(H,22,25). The summed E-state index contributed by atoms with van der Waals surface area (Å²) >= 11 is 12.6. The minimum Gasteiger partial charge on any atom is -0.346 e. The van der Waals surface area contributed by atoms with Crippen molar-refractivity contribution in [2.24, 2.45) is 11.8 Å². The molecule has 1 amide bonds. The molecule has 4 rings (SSSR count). The lowest BCUT2D eigenvalue weighted by Crippen LogP contribution is -2.38. The second kappa shape index (κ2) is 6.61. The summed E-state index contributed by atoms with van der Waals surface area (Å²) in [6.45, 7) is 1.96. The van der Waals surface area contributed by atoms with E-state index in [2.05, 4.69) is 15.4 Å². The summed E-state index contributed by atoms with van der Waals surface area (Å²) in [4.78, 5) is 17.1. The molecule has 0 saturated heterocycles. The van der Waals surface area contributed by atoms with Crippen molar-refractivity contribution in [1.82, 2.24) is 20.1 Å². The average molecular weight is 379 g/mol. The van der Waals surface area contributed by atoms with Gasteiger partial charge in [-0.1, -0.05) is 36.2 Å². The number of hydrogen-bond acceptors (Lipinski definition) is 3. The van der Waals surface area contributed by atoms with Crippen LogP contribution in [0, 0.1) is 11.8 Å². The number of rotatable bonds is 6. The van der Waals surface area contributed by atoms with Crippen molar-refractivity contribution in [1.29, 1.82) is 0 Å². The molecule has 0 spiro atoms. The third-order valence-corrected chi connectivity index (χ3v) is 5.51. The third kappa shape index (κ3) is 3.40. The van der Waals surface area contributed by atoms with Gasteiger partial charge in [0.15, 0.2) is 0 Å². The highest BCUT2D eigenvalue weighted by Gasteiger charge is 2.42. The Morgan fingerprint density at radius 2 is 1.84 bits per heavy atom. The molecule has 7 heteroatoms. The van der Waals surface area contributed by atoms with Gasteiger partial charge in [0, 0.05) is 12.5 Å². The lowest BCUT2D eigenvalue weighted by molar-refractivity contribution is 0.0915. The summed E-state index contributed by atoms with van der Waals surface area (Å²) in [5.74, 6) is 1.89. The van der Waals surface area contributed by atoms with Crippen LogP contribution in [0.15, 0.2) is 18.2 Å². The van der Waals surface area contributed by atoms with Gasteiger partial charge in [-0.3, -0.25) is 4.79 Å². The van der Waals surface area contributed by atoms with Crippen molar-refractivity contribution in [3.8, 4) is 5.69 Å². The minimum absolute atomic E-state index is 0.180. The highest BCUT2D eigenvalue weighted by atomic mass is 35.5. The van der Waals surface area contributed by atoms with E-state index >= 15 is 0 Å². The van der Waals surface area contributed by atoms with E-state index in [-0.39, 0.29) is 17.8 Å². The maximum absolute atomic E-state index is 12.7. The number of amides is 1. The van der Waals surface area contributed by atoms with E-state index < -0.39 is 0 Å². The lowest BCUT2D eigenvalue weighted by atomic mass is 10.1. The number of aryl methyl sites for hydroxylation is 1. The zero-order valence-corrected chi connectivity index (χ0v) is 15.5. The van der Waals surface area contributed by atoms with E-state index in [1.807, 2.05) is 6.92 Å². The molecule has 0 radical (unpaired) electrons. The van der Waals surface area contributed by atoms with E-state index in [1.165, 1.54) is 25.7 Å². The molecule has 0 aliphatic heterocycles. The Balaban J connectivity index is 1.63. The molecule has 25 heavy (non-hydrogen) atoms. The molecule has 5 nitrogen and oxygen atoms in total. The Kier molecular flexibility index (Phi) is 4.46. The molecule has 2 saturated carbocycles. The van der Waals surface area contributed by atoms with Gasteiger partial charge in [-0.05, 0) is 49.7 Å². The molecule has 1 heterocycles. The first-order valence-electron chi connectivity index (χ1n) is 8.79. The van der Waals surface area contributed by atoms with Crippen LogP contribution < -0.4 is 5.32 Å². The Morgan fingerprint density at radius 1 is 1.24 bits per heavy atom. The van der Waals surface area contributed by atoms with E-state index in [4.69, 9.17) is 23.2 Å². The zero-order chi connectivity index (χ0) is 17.6. The Labute approximate surface area is 156 Å². The molecule has 1 aromatic heterocycles. The molecule has 1 aromatic carbocycles. The fourth-order valence-corrected chi connectivity index (χ4v) is 3.84. The largest absolute Gasteiger partial charge is 0.346 e. The number of carbonyl (C=O) groups is 1. The van der Waals surface area contributed by atoms with Crippen LogP contribution >= 0.6 is 23.2 Å². The molecule has 0 unspecified atom stereocenters. The predicted octanol–water partition coefficient (Wildman–Crippen LogP) is 4.05. The van der Waals surface area contributed by atoms with Gasteiger partial charge >= 0.3 is 0 Å². The summed E-state index contributed by atoms with van der Waals surface area (Å²) < 4.78 is 1.59. The van der Waals surface area contributed by atoms with Crippen LogP contribution in [-0.4, -0.2) is 26.7 Å². The van der Waals surface area contributed by atoms with Crippen LogP contribution in [0.2, 0.25) is 10.0 Å². The first-order valence-corrected chi connectivity index (χ1v) is 9.55. The number of hydrogen-bond donors (Lipinski definition) is 1. The number of nitrogens with zero attached hydrogens (tertiary/aromatic N) is 3. The van der Waals surface area contributed by atoms with Gasteiger partial charge in [-0.2, -0.15) is 0 Å². The van der Waals surface area contributed by atoms with Gasteiger partial charge in [0.2, 0.25) is 5.82 Å². The molecular weight excluding hydrogens is 359 g/mol. The number of carbonyl (C=O) groups excluding carboxylic acids is 1. The summed E-state index contributed by atoms with van der Waals surface area (Å²) in [5.41, 5.74) is 0.565. The average Bonchev–Trinajstić information content (AvgIpc) is 3.50. The van der Waals surface area contributed by atoms with Gasteiger partial charge in [-0.15, -0.1) is 5.10 Å². The highest BCUT2D eigenvalue weighted by molar-refractivity contribution is 6.37. The molecule has 2 aromatic rings. The van der Waals surface area contributed by atoms with Gasteiger partial charge in [0.05, 0.1) is 10.0 Å². The number of halogens is 2. The van der Waals surface area contributed by atoms with Crippen molar-refractivity contribution in [3.63, 3.8) is 0 Å². The second-order valence-electron chi connectivity index (χ2n) is 6.86. The quantitative estimate of drug-likeness (QED) is 0.824. The van der Waals surface area contributed by atoms with Gasteiger partial charge in [-0.25, -0.2) is 9.67 Å². The Hall–Kier alpha value is -1.59. The first-order chi connectivity index (χ1) is 12.1. The molecule has 132 valence electrons. The zero-order valence-electron chi connectivity index (χ0n) is 14.0. The number of aromatic nitrogens is 3. The number of para-hydroxylation sites is 1.